The second-order valence-electron chi connectivity index (χ2n) is 11.3. The van der Waals surface area contributed by atoms with E-state index < -0.39 is 82.3 Å². The molecule has 0 unspecified atom stereocenters. The summed E-state index contributed by atoms with van der Waals surface area (Å²) in [6, 6.07) is 0. The molecule has 3 saturated carbocycles. The van der Waals surface area contributed by atoms with Crippen LogP contribution >= 0.6 is 0 Å². The first-order valence-corrected chi connectivity index (χ1v) is 12.1. The Bertz CT molecular complexity index is 985. The van der Waals surface area contributed by atoms with Crippen LogP contribution in [0.15, 0.2) is 12.2 Å². The van der Waals surface area contributed by atoms with E-state index in [0.717, 1.165) is 6.92 Å². The van der Waals surface area contributed by atoms with Crippen molar-refractivity contribution in [2.75, 3.05) is 0 Å². The van der Waals surface area contributed by atoms with E-state index in [9.17, 15) is 34.2 Å². The van der Waals surface area contributed by atoms with E-state index in [4.69, 9.17) is 14.2 Å². The molecule has 200 valence electrons. The normalized spacial score (nSPS) is 41.2. The highest BCUT2D eigenvalue weighted by atomic mass is 16.6. The number of hydrogen-bond donors (Lipinski definition) is 2. The van der Waals surface area contributed by atoms with E-state index in [1.54, 1.807) is 20.8 Å². The van der Waals surface area contributed by atoms with Crippen LogP contribution in [-0.2, 0) is 38.2 Å². The minimum absolute atomic E-state index is 0.0189. The average molecular weight is 509 g/mol. The second-order valence-corrected chi connectivity index (χ2v) is 11.3. The number of aldehydes is 1. The number of ether oxygens (including phenoxy) is 3. The molecule has 3 aliphatic carbocycles. The highest BCUT2D eigenvalue weighted by Crippen LogP contribution is 2.65. The number of fused-ring (bicyclic) bond motifs is 3. The number of carbonyl (C=O) groups excluding carboxylic acids is 5. The lowest BCUT2D eigenvalue weighted by Gasteiger charge is -2.67. The molecular weight excluding hydrogens is 472 g/mol. The molecule has 10 nitrogen and oxygen atoms in total. The first kappa shape index (κ1) is 28.0. The van der Waals surface area contributed by atoms with Crippen LogP contribution in [0, 0.1) is 28.6 Å². The molecule has 0 spiro atoms. The third-order valence-corrected chi connectivity index (χ3v) is 8.61. The van der Waals surface area contributed by atoms with Crippen LogP contribution in [0.3, 0.4) is 0 Å². The zero-order chi connectivity index (χ0) is 27.4. The Morgan fingerprint density at radius 1 is 1.00 bits per heavy atom. The van der Waals surface area contributed by atoms with E-state index in [1.165, 1.54) is 13.8 Å². The summed E-state index contributed by atoms with van der Waals surface area (Å²) >= 11 is 0. The third-order valence-electron chi connectivity index (χ3n) is 8.61. The highest BCUT2D eigenvalue weighted by molar-refractivity contribution is 5.92. The van der Waals surface area contributed by atoms with Crippen molar-refractivity contribution in [1.29, 1.82) is 0 Å². The van der Waals surface area contributed by atoms with Crippen LogP contribution in [0.25, 0.3) is 0 Å². The summed E-state index contributed by atoms with van der Waals surface area (Å²) in [4.78, 5) is 62.1. The van der Waals surface area contributed by atoms with Crippen molar-refractivity contribution < 1.29 is 48.4 Å². The van der Waals surface area contributed by atoms with Gasteiger partial charge in [0.25, 0.3) is 0 Å². The van der Waals surface area contributed by atoms with E-state index >= 15 is 0 Å². The molecule has 10 heteroatoms. The van der Waals surface area contributed by atoms with Crippen LogP contribution < -0.4 is 0 Å². The first-order valence-electron chi connectivity index (χ1n) is 12.1. The Morgan fingerprint density at radius 3 is 2.06 bits per heavy atom. The van der Waals surface area contributed by atoms with Crippen molar-refractivity contribution in [2.24, 2.45) is 28.6 Å². The topological polar surface area (TPSA) is 154 Å². The molecule has 0 bridgehead atoms. The number of hydrogen-bond acceptors (Lipinski definition) is 10. The van der Waals surface area contributed by atoms with Gasteiger partial charge in [0.1, 0.15) is 24.1 Å². The van der Waals surface area contributed by atoms with Crippen molar-refractivity contribution in [2.45, 2.75) is 90.8 Å². The summed E-state index contributed by atoms with van der Waals surface area (Å²) in [5, 5.41) is 23.3. The van der Waals surface area contributed by atoms with Gasteiger partial charge >= 0.3 is 17.9 Å². The van der Waals surface area contributed by atoms with Gasteiger partial charge in [0.2, 0.25) is 0 Å². The molecule has 3 aliphatic rings. The van der Waals surface area contributed by atoms with Gasteiger partial charge in [-0.05, 0) is 24.3 Å². The summed E-state index contributed by atoms with van der Waals surface area (Å²) in [7, 11) is 0. The Hall–Kier alpha value is -2.59. The van der Waals surface area contributed by atoms with Crippen molar-refractivity contribution in [3.8, 4) is 0 Å². The molecule has 0 aliphatic heterocycles. The molecule has 36 heavy (non-hydrogen) atoms. The number of carbonyl (C=O) groups is 5. The lowest BCUT2D eigenvalue weighted by Crippen LogP contribution is -2.78. The van der Waals surface area contributed by atoms with Gasteiger partial charge in [-0.1, -0.05) is 27.4 Å². The zero-order valence-corrected chi connectivity index (χ0v) is 21.6. The number of ketones is 1. The number of aliphatic hydroxyl groups excluding tert-OH is 1. The largest absolute Gasteiger partial charge is 0.462 e. The highest BCUT2D eigenvalue weighted by Gasteiger charge is 2.76. The number of aliphatic hydroxyl groups is 2. The molecule has 0 aromatic rings. The first-order chi connectivity index (χ1) is 16.5. The van der Waals surface area contributed by atoms with Crippen LogP contribution in [0.4, 0.5) is 0 Å². The third kappa shape index (κ3) is 4.28. The number of esters is 3. The lowest BCUT2D eigenvalue weighted by atomic mass is 9.40. The summed E-state index contributed by atoms with van der Waals surface area (Å²) < 4.78 is 16.8. The Kier molecular flexibility index (Phi) is 7.29. The molecule has 0 saturated heterocycles. The standard InChI is InChI=1S/C26H36O10/c1-12(11-27)16-8-17(34-13(2)28)21-25(7)19(35-14(3)29)9-18(31)24(5,6)22(25)20(32)23(36-15(4)30)26(21,33)10-16/h11,16-19,21-23,31,33H,1,8-10H2,2-7H3/t16-,17-,18+,19+,21+,22-,23+,25+,26-/m0/s1. The molecule has 0 amide bonds. The second kappa shape index (κ2) is 9.37. The molecule has 3 fully saturated rings. The predicted octanol–water partition coefficient (Wildman–Crippen LogP) is 1.29. The monoisotopic (exact) mass is 508 g/mol. The maximum atomic E-state index is 14.1. The van der Waals surface area contributed by atoms with E-state index in [-0.39, 0.29) is 24.8 Å². The number of allylic oxidation sites excluding steroid dienone is 1. The molecular formula is C26H36O10. The molecule has 2 N–H and O–H groups in total. The van der Waals surface area contributed by atoms with Gasteiger partial charge in [0.05, 0.1) is 6.10 Å². The van der Waals surface area contributed by atoms with Crippen molar-refractivity contribution >= 4 is 30.0 Å². The lowest BCUT2D eigenvalue weighted by molar-refractivity contribution is -0.289. The van der Waals surface area contributed by atoms with Gasteiger partial charge in [0, 0.05) is 49.9 Å². The van der Waals surface area contributed by atoms with E-state index in [1.807, 2.05) is 0 Å². The van der Waals surface area contributed by atoms with E-state index in [0.29, 0.717) is 6.29 Å². The fraction of sp³-hybridized carbons (Fsp3) is 0.731. The molecule has 9 atom stereocenters. The van der Waals surface area contributed by atoms with Gasteiger partial charge < -0.3 is 24.4 Å². The van der Waals surface area contributed by atoms with Gasteiger partial charge in [-0.2, -0.15) is 0 Å². The quantitative estimate of drug-likeness (QED) is 0.240. The maximum Gasteiger partial charge on any atom is 0.303 e. The molecule has 0 aromatic carbocycles. The van der Waals surface area contributed by atoms with Crippen LogP contribution in [0.2, 0.25) is 0 Å². The van der Waals surface area contributed by atoms with Crippen LogP contribution in [0.1, 0.15) is 60.8 Å². The zero-order valence-electron chi connectivity index (χ0n) is 21.6. The van der Waals surface area contributed by atoms with Gasteiger partial charge in [0.15, 0.2) is 11.9 Å². The predicted molar refractivity (Wildman–Crippen MR) is 124 cm³/mol. The summed E-state index contributed by atoms with van der Waals surface area (Å²) in [6.45, 7) is 12.3. The van der Waals surface area contributed by atoms with E-state index in [2.05, 4.69) is 6.58 Å². The minimum Gasteiger partial charge on any atom is -0.462 e. The summed E-state index contributed by atoms with van der Waals surface area (Å²) in [5.74, 6) is -5.50. The smallest absolute Gasteiger partial charge is 0.303 e. The van der Waals surface area contributed by atoms with Gasteiger partial charge in [-0.25, -0.2) is 0 Å². The number of Topliss-reactive ketones (excluding diaryl/α,β-unsaturated/α-hetero) is 1. The fourth-order valence-electron chi connectivity index (χ4n) is 7.35. The Balaban J connectivity index is 2.34. The van der Waals surface area contributed by atoms with Crippen molar-refractivity contribution in [3.05, 3.63) is 12.2 Å². The van der Waals surface area contributed by atoms with Gasteiger partial charge in [-0.15, -0.1) is 0 Å². The van der Waals surface area contributed by atoms with Crippen molar-refractivity contribution in [3.63, 3.8) is 0 Å². The molecule has 0 radical (unpaired) electrons. The molecule has 3 rings (SSSR count). The fourth-order valence-corrected chi connectivity index (χ4v) is 7.35. The molecule has 0 aromatic heterocycles. The SMILES string of the molecule is C=C(C=O)[C@H]1C[C@H](OC(C)=O)[C@H]2[C@@](O)(C1)[C@H](OC(C)=O)C(=O)[C@H]1C(C)(C)[C@H](O)C[C@@H](OC(C)=O)[C@@]12C. The van der Waals surface area contributed by atoms with Crippen LogP contribution in [-0.4, -0.2) is 70.2 Å². The minimum atomic E-state index is -2.08. The van der Waals surface area contributed by atoms with Crippen molar-refractivity contribution in [1.82, 2.24) is 0 Å². The maximum absolute atomic E-state index is 14.1. The average Bonchev–Trinajstić information content (AvgIpc) is 2.73. The Labute approximate surface area is 210 Å². The van der Waals surface area contributed by atoms with Gasteiger partial charge in [-0.3, -0.25) is 24.0 Å². The summed E-state index contributed by atoms with van der Waals surface area (Å²) in [5.41, 5.74) is -4.35. The Morgan fingerprint density at radius 2 is 1.56 bits per heavy atom. The molecule has 0 heterocycles. The summed E-state index contributed by atoms with van der Waals surface area (Å²) in [6.07, 6.45) is -4.33. The van der Waals surface area contributed by atoms with Crippen LogP contribution in [0.5, 0.6) is 0 Å². The number of rotatable bonds is 5.